The van der Waals surface area contributed by atoms with E-state index in [1.807, 2.05) is 0 Å². The molecule has 2 heteroatoms. The van der Waals surface area contributed by atoms with Crippen LogP contribution in [0.3, 0.4) is 0 Å². The number of hydrogen-bond donors (Lipinski definition) is 0. The first-order chi connectivity index (χ1) is 12.3. The van der Waals surface area contributed by atoms with Crippen LogP contribution in [0.4, 0.5) is 0 Å². The second-order valence-corrected chi connectivity index (χ2v) is 6.86. The number of hydrogen-bond acceptors (Lipinski definition) is 1. The predicted molar refractivity (Wildman–Crippen MR) is 104 cm³/mol. The maximum Gasteiger partial charge on any atom is 0.0837 e. The van der Waals surface area contributed by atoms with Crippen molar-refractivity contribution in [1.29, 1.82) is 0 Å². The molecule has 1 aliphatic rings. The Balaban J connectivity index is 1.97. The molecule has 0 amide bonds. The standard InChI is InChI=1S/C23H21NO/c1-3-21-23-18(14-25-21)17(15-9-5-4-6-10-15)13-20-22(23)16-11-7-8-12-19(16)24(20)2/h4-13,21H,3,14H2,1-2H3/t21-/m1/s1. The number of nitrogens with zero attached hydrogens (tertiary/aromatic N) is 1. The number of aryl methyl sites for hydroxylation is 1. The SMILES string of the molecule is CC[C@H]1OCc2c(-c3ccccc3)cc3c(c21)c1ccccc1n3C. The van der Waals surface area contributed by atoms with Crippen molar-refractivity contribution in [3.05, 3.63) is 71.8 Å². The van der Waals surface area contributed by atoms with E-state index in [1.165, 1.54) is 44.1 Å². The molecule has 0 N–H and O–H groups in total. The molecule has 1 atom stereocenters. The Morgan fingerprint density at radius 3 is 2.56 bits per heavy atom. The highest BCUT2D eigenvalue weighted by Crippen LogP contribution is 2.46. The molecule has 0 radical (unpaired) electrons. The summed E-state index contributed by atoms with van der Waals surface area (Å²) in [7, 11) is 2.17. The van der Waals surface area contributed by atoms with Crippen molar-refractivity contribution < 1.29 is 4.74 Å². The Morgan fingerprint density at radius 2 is 1.76 bits per heavy atom. The largest absolute Gasteiger partial charge is 0.369 e. The van der Waals surface area contributed by atoms with Crippen LogP contribution in [0.5, 0.6) is 0 Å². The second kappa shape index (κ2) is 5.47. The topological polar surface area (TPSA) is 14.2 Å². The summed E-state index contributed by atoms with van der Waals surface area (Å²) >= 11 is 0. The van der Waals surface area contributed by atoms with Crippen LogP contribution in [-0.2, 0) is 18.4 Å². The van der Waals surface area contributed by atoms with Crippen LogP contribution in [0.15, 0.2) is 60.7 Å². The summed E-state index contributed by atoms with van der Waals surface area (Å²) in [6.45, 7) is 2.92. The maximum absolute atomic E-state index is 6.19. The van der Waals surface area contributed by atoms with Gasteiger partial charge in [-0.3, -0.25) is 0 Å². The number of ether oxygens (including phenoxy) is 1. The van der Waals surface area contributed by atoms with Crippen molar-refractivity contribution in [3.8, 4) is 11.1 Å². The number of para-hydroxylation sites is 1. The summed E-state index contributed by atoms with van der Waals surface area (Å²) in [5, 5.41) is 2.71. The molecule has 0 unspecified atom stereocenters. The third-order valence-electron chi connectivity index (χ3n) is 5.56. The normalized spacial score (nSPS) is 16.6. The first kappa shape index (κ1) is 14.7. The van der Waals surface area contributed by atoms with E-state index in [2.05, 4.69) is 79.2 Å². The first-order valence-electron chi connectivity index (χ1n) is 8.99. The van der Waals surface area contributed by atoms with Gasteiger partial charge in [0.25, 0.3) is 0 Å². The lowest BCUT2D eigenvalue weighted by molar-refractivity contribution is 0.0644. The van der Waals surface area contributed by atoms with Gasteiger partial charge in [0.15, 0.2) is 0 Å². The van der Waals surface area contributed by atoms with Crippen molar-refractivity contribution in [2.75, 3.05) is 0 Å². The molecule has 0 bridgehead atoms. The lowest BCUT2D eigenvalue weighted by atomic mass is 9.90. The van der Waals surface area contributed by atoms with Gasteiger partial charge in [0.1, 0.15) is 0 Å². The van der Waals surface area contributed by atoms with Gasteiger partial charge in [-0.2, -0.15) is 0 Å². The molecular weight excluding hydrogens is 306 g/mol. The minimum Gasteiger partial charge on any atom is -0.369 e. The van der Waals surface area contributed by atoms with E-state index in [4.69, 9.17) is 4.74 Å². The third-order valence-corrected chi connectivity index (χ3v) is 5.56. The summed E-state index contributed by atoms with van der Waals surface area (Å²) < 4.78 is 8.51. The molecule has 0 saturated carbocycles. The Morgan fingerprint density at radius 1 is 1.00 bits per heavy atom. The van der Waals surface area contributed by atoms with Gasteiger partial charge >= 0.3 is 0 Å². The Bertz CT molecular complexity index is 1090. The lowest BCUT2D eigenvalue weighted by Gasteiger charge is -2.13. The van der Waals surface area contributed by atoms with Crippen LogP contribution >= 0.6 is 0 Å². The zero-order chi connectivity index (χ0) is 17.0. The molecule has 3 aromatic carbocycles. The average molecular weight is 327 g/mol. The third kappa shape index (κ3) is 2.01. The highest BCUT2D eigenvalue weighted by Gasteiger charge is 2.29. The Kier molecular flexibility index (Phi) is 3.22. The van der Waals surface area contributed by atoms with Crippen molar-refractivity contribution in [3.63, 3.8) is 0 Å². The molecular formula is C23H21NO. The summed E-state index contributed by atoms with van der Waals surface area (Å²) in [5.74, 6) is 0. The maximum atomic E-state index is 6.19. The van der Waals surface area contributed by atoms with E-state index in [0.717, 1.165) is 6.42 Å². The second-order valence-electron chi connectivity index (χ2n) is 6.86. The molecule has 4 aromatic rings. The zero-order valence-electron chi connectivity index (χ0n) is 14.6. The minimum atomic E-state index is 0.187. The fraction of sp³-hybridized carbons (Fsp3) is 0.217. The van der Waals surface area contributed by atoms with E-state index >= 15 is 0 Å². The van der Waals surface area contributed by atoms with Gasteiger partial charge in [-0.1, -0.05) is 55.5 Å². The van der Waals surface area contributed by atoms with Crippen molar-refractivity contribution in [2.45, 2.75) is 26.1 Å². The van der Waals surface area contributed by atoms with Crippen LogP contribution in [0, 0.1) is 0 Å². The van der Waals surface area contributed by atoms with Gasteiger partial charge in [0.05, 0.1) is 12.7 Å². The zero-order valence-corrected chi connectivity index (χ0v) is 14.6. The van der Waals surface area contributed by atoms with Crippen molar-refractivity contribution in [2.24, 2.45) is 7.05 Å². The summed E-state index contributed by atoms with van der Waals surface area (Å²) in [6.07, 6.45) is 1.19. The monoisotopic (exact) mass is 327 g/mol. The van der Waals surface area contributed by atoms with Gasteiger partial charge in [-0.05, 0) is 40.8 Å². The molecule has 1 aromatic heterocycles. The Labute approximate surface area is 147 Å². The van der Waals surface area contributed by atoms with Crippen molar-refractivity contribution >= 4 is 21.8 Å². The molecule has 1 aliphatic heterocycles. The van der Waals surface area contributed by atoms with Gasteiger partial charge in [-0.15, -0.1) is 0 Å². The minimum absolute atomic E-state index is 0.187. The molecule has 0 fully saturated rings. The van der Waals surface area contributed by atoms with Crippen LogP contribution in [-0.4, -0.2) is 4.57 Å². The number of aromatic nitrogens is 1. The molecule has 2 heterocycles. The van der Waals surface area contributed by atoms with Gasteiger partial charge in [0, 0.05) is 28.9 Å². The fourth-order valence-corrected chi connectivity index (χ4v) is 4.36. The molecule has 5 rings (SSSR count). The lowest BCUT2D eigenvalue weighted by Crippen LogP contribution is -1.96. The quantitative estimate of drug-likeness (QED) is 0.442. The molecule has 0 aliphatic carbocycles. The van der Waals surface area contributed by atoms with E-state index in [9.17, 15) is 0 Å². The highest BCUT2D eigenvalue weighted by molar-refractivity contribution is 6.11. The van der Waals surface area contributed by atoms with Gasteiger partial charge < -0.3 is 9.30 Å². The average Bonchev–Trinajstić information content (AvgIpc) is 3.22. The molecule has 2 nitrogen and oxygen atoms in total. The summed E-state index contributed by atoms with van der Waals surface area (Å²) in [4.78, 5) is 0. The first-order valence-corrected chi connectivity index (χ1v) is 8.99. The van der Waals surface area contributed by atoms with E-state index < -0.39 is 0 Å². The summed E-state index contributed by atoms with van der Waals surface area (Å²) in [6, 6.07) is 21.7. The smallest absolute Gasteiger partial charge is 0.0837 e. The molecule has 25 heavy (non-hydrogen) atoms. The fourth-order valence-electron chi connectivity index (χ4n) is 4.36. The molecule has 0 spiro atoms. The van der Waals surface area contributed by atoms with Crippen LogP contribution < -0.4 is 0 Å². The summed E-state index contributed by atoms with van der Waals surface area (Å²) in [5.41, 5.74) is 7.92. The number of fused-ring (bicyclic) bond motifs is 5. The molecule has 0 saturated heterocycles. The predicted octanol–water partition coefficient (Wildman–Crippen LogP) is 5.98. The van der Waals surface area contributed by atoms with Crippen LogP contribution in [0.25, 0.3) is 32.9 Å². The van der Waals surface area contributed by atoms with Crippen LogP contribution in [0.2, 0.25) is 0 Å². The van der Waals surface area contributed by atoms with Crippen LogP contribution in [0.1, 0.15) is 30.6 Å². The molecule has 124 valence electrons. The van der Waals surface area contributed by atoms with Gasteiger partial charge in [0.2, 0.25) is 0 Å². The highest BCUT2D eigenvalue weighted by atomic mass is 16.5. The number of rotatable bonds is 2. The van der Waals surface area contributed by atoms with Gasteiger partial charge in [-0.25, -0.2) is 0 Å². The van der Waals surface area contributed by atoms with E-state index in [0.29, 0.717) is 6.61 Å². The number of benzene rings is 3. The van der Waals surface area contributed by atoms with Crippen molar-refractivity contribution in [1.82, 2.24) is 4.57 Å². The Hall–Kier alpha value is -2.58. The van der Waals surface area contributed by atoms with E-state index in [-0.39, 0.29) is 6.10 Å². The van der Waals surface area contributed by atoms with E-state index in [1.54, 1.807) is 0 Å².